The van der Waals surface area contributed by atoms with E-state index in [4.69, 9.17) is 18.7 Å². The van der Waals surface area contributed by atoms with Crippen molar-refractivity contribution in [1.82, 2.24) is 5.16 Å². The summed E-state index contributed by atoms with van der Waals surface area (Å²) >= 11 is 0. The van der Waals surface area contributed by atoms with E-state index in [1.54, 1.807) is 18.2 Å². The second-order valence-electron chi connectivity index (χ2n) is 5.87. The standard InChI is InChI=1S/C20H16F3NO5/c1-26-16-8-7-12(9-18(16)27-2)17-10-13(24-29-17)11-28-19(25)14-5-3-4-6-15(14)20(21,22)23/h3-10H,11H2,1-2H3. The van der Waals surface area contributed by atoms with Crippen LogP contribution in [-0.2, 0) is 17.5 Å². The minimum absolute atomic E-state index is 0.243. The van der Waals surface area contributed by atoms with Gasteiger partial charge in [0.15, 0.2) is 17.3 Å². The fourth-order valence-electron chi connectivity index (χ4n) is 2.63. The highest BCUT2D eigenvalue weighted by Crippen LogP contribution is 2.33. The van der Waals surface area contributed by atoms with Crippen LogP contribution in [0.2, 0.25) is 0 Å². The topological polar surface area (TPSA) is 70.8 Å². The highest BCUT2D eigenvalue weighted by Gasteiger charge is 2.35. The zero-order valence-electron chi connectivity index (χ0n) is 15.4. The van der Waals surface area contributed by atoms with E-state index in [0.29, 0.717) is 22.8 Å². The van der Waals surface area contributed by atoms with Gasteiger partial charge in [0.2, 0.25) is 0 Å². The van der Waals surface area contributed by atoms with Crippen molar-refractivity contribution in [3.05, 3.63) is 65.4 Å². The second kappa shape index (κ2) is 8.26. The molecule has 0 unspecified atom stereocenters. The molecule has 9 heteroatoms. The minimum atomic E-state index is -4.66. The van der Waals surface area contributed by atoms with E-state index in [1.165, 1.54) is 32.4 Å². The Labute approximate surface area is 163 Å². The van der Waals surface area contributed by atoms with Crippen molar-refractivity contribution in [3.8, 4) is 22.8 Å². The van der Waals surface area contributed by atoms with Crippen LogP contribution in [0, 0.1) is 0 Å². The summed E-state index contributed by atoms with van der Waals surface area (Å²) in [6, 6.07) is 11.0. The number of rotatable bonds is 6. The molecule has 152 valence electrons. The van der Waals surface area contributed by atoms with Gasteiger partial charge < -0.3 is 18.7 Å². The average Bonchev–Trinajstić information content (AvgIpc) is 3.20. The van der Waals surface area contributed by atoms with Gasteiger partial charge in [-0.25, -0.2) is 4.79 Å². The lowest BCUT2D eigenvalue weighted by Crippen LogP contribution is -2.15. The first-order valence-electron chi connectivity index (χ1n) is 8.35. The molecule has 2 aromatic carbocycles. The molecule has 0 aliphatic carbocycles. The van der Waals surface area contributed by atoms with Crippen molar-refractivity contribution in [3.63, 3.8) is 0 Å². The van der Waals surface area contributed by atoms with Gasteiger partial charge in [0.1, 0.15) is 12.3 Å². The van der Waals surface area contributed by atoms with Crippen molar-refractivity contribution in [2.24, 2.45) is 0 Å². The number of benzene rings is 2. The average molecular weight is 407 g/mol. The molecule has 3 rings (SSSR count). The molecule has 0 bridgehead atoms. The molecule has 1 heterocycles. The quantitative estimate of drug-likeness (QED) is 0.550. The maximum Gasteiger partial charge on any atom is 0.417 e. The second-order valence-corrected chi connectivity index (χ2v) is 5.87. The van der Waals surface area contributed by atoms with Gasteiger partial charge in [-0.15, -0.1) is 0 Å². The third kappa shape index (κ3) is 4.50. The zero-order chi connectivity index (χ0) is 21.0. The van der Waals surface area contributed by atoms with Gasteiger partial charge in [-0.05, 0) is 30.3 Å². The first-order valence-corrected chi connectivity index (χ1v) is 8.35. The number of hydrogen-bond donors (Lipinski definition) is 0. The monoisotopic (exact) mass is 407 g/mol. The molecule has 0 N–H and O–H groups in total. The summed E-state index contributed by atoms with van der Waals surface area (Å²) in [6.07, 6.45) is -4.66. The van der Waals surface area contributed by atoms with Gasteiger partial charge in [0, 0.05) is 11.6 Å². The number of methoxy groups -OCH3 is 2. The normalized spacial score (nSPS) is 11.2. The number of carbonyl (C=O) groups is 1. The molecule has 0 aliphatic rings. The number of nitrogens with zero attached hydrogens (tertiary/aromatic N) is 1. The number of hydrogen-bond acceptors (Lipinski definition) is 6. The summed E-state index contributed by atoms with van der Waals surface area (Å²) in [4.78, 5) is 12.1. The highest BCUT2D eigenvalue weighted by atomic mass is 19.4. The van der Waals surface area contributed by atoms with Crippen LogP contribution in [-0.4, -0.2) is 25.3 Å². The Morgan fingerprint density at radius 1 is 1.03 bits per heavy atom. The third-order valence-corrected chi connectivity index (χ3v) is 4.03. The Morgan fingerprint density at radius 2 is 1.76 bits per heavy atom. The van der Waals surface area contributed by atoms with Crippen molar-refractivity contribution in [1.29, 1.82) is 0 Å². The summed E-state index contributed by atoms with van der Waals surface area (Å²) in [7, 11) is 3.00. The van der Waals surface area contributed by atoms with Crippen LogP contribution in [0.15, 0.2) is 53.1 Å². The Bertz CT molecular complexity index is 1010. The van der Waals surface area contributed by atoms with Crippen molar-refractivity contribution < 1.29 is 36.7 Å². The fraction of sp³-hybridized carbons (Fsp3) is 0.200. The zero-order valence-corrected chi connectivity index (χ0v) is 15.4. The van der Waals surface area contributed by atoms with Gasteiger partial charge >= 0.3 is 12.1 Å². The predicted octanol–water partition coefficient (Wildman–Crippen LogP) is 4.73. The van der Waals surface area contributed by atoms with Crippen LogP contribution in [0.4, 0.5) is 13.2 Å². The smallest absolute Gasteiger partial charge is 0.417 e. The number of halogens is 3. The summed E-state index contributed by atoms with van der Waals surface area (Å²) < 4.78 is 59.7. The fourth-order valence-corrected chi connectivity index (χ4v) is 2.63. The van der Waals surface area contributed by atoms with E-state index < -0.39 is 23.3 Å². The number of carbonyl (C=O) groups excluding carboxylic acids is 1. The molecule has 0 amide bonds. The largest absolute Gasteiger partial charge is 0.493 e. The van der Waals surface area contributed by atoms with Crippen LogP contribution >= 0.6 is 0 Å². The van der Waals surface area contributed by atoms with Crippen LogP contribution < -0.4 is 9.47 Å². The first-order chi connectivity index (χ1) is 13.8. The summed E-state index contributed by atoms with van der Waals surface area (Å²) in [5, 5.41) is 3.78. The third-order valence-electron chi connectivity index (χ3n) is 4.03. The van der Waals surface area contributed by atoms with Gasteiger partial charge in [0.25, 0.3) is 0 Å². The Balaban J connectivity index is 1.73. The van der Waals surface area contributed by atoms with Gasteiger partial charge in [-0.1, -0.05) is 17.3 Å². The molecule has 0 saturated heterocycles. The van der Waals surface area contributed by atoms with Gasteiger partial charge in [0.05, 0.1) is 25.3 Å². The summed E-state index contributed by atoms with van der Waals surface area (Å²) in [5.41, 5.74) is -0.748. The SMILES string of the molecule is COc1ccc(-c2cc(COC(=O)c3ccccc3C(F)(F)F)no2)cc1OC. The molecule has 1 aromatic heterocycles. The lowest BCUT2D eigenvalue weighted by Gasteiger charge is -2.11. The molecule has 29 heavy (non-hydrogen) atoms. The van der Waals surface area contributed by atoms with E-state index >= 15 is 0 Å². The van der Waals surface area contributed by atoms with E-state index in [0.717, 1.165) is 12.1 Å². The maximum absolute atomic E-state index is 13.0. The lowest BCUT2D eigenvalue weighted by atomic mass is 10.1. The van der Waals surface area contributed by atoms with Crippen LogP contribution in [0.3, 0.4) is 0 Å². The first kappa shape index (κ1) is 20.2. The van der Waals surface area contributed by atoms with Crippen LogP contribution in [0.25, 0.3) is 11.3 Å². The van der Waals surface area contributed by atoms with Crippen molar-refractivity contribution >= 4 is 5.97 Å². The Hall–Kier alpha value is -3.49. The molecule has 0 spiro atoms. The number of alkyl halides is 3. The molecule has 0 radical (unpaired) electrons. The molecule has 3 aromatic rings. The van der Waals surface area contributed by atoms with E-state index in [2.05, 4.69) is 5.16 Å². The van der Waals surface area contributed by atoms with Crippen molar-refractivity contribution in [2.45, 2.75) is 12.8 Å². The maximum atomic E-state index is 13.0. The molecule has 0 fully saturated rings. The van der Waals surface area contributed by atoms with Crippen LogP contribution in [0.5, 0.6) is 11.5 Å². The molecule has 0 atom stereocenters. The van der Waals surface area contributed by atoms with E-state index in [9.17, 15) is 18.0 Å². The van der Waals surface area contributed by atoms with Crippen LogP contribution in [0.1, 0.15) is 21.6 Å². The van der Waals surface area contributed by atoms with Gasteiger partial charge in [-0.3, -0.25) is 0 Å². The molecular formula is C20H16F3NO5. The number of esters is 1. The Morgan fingerprint density at radius 3 is 2.45 bits per heavy atom. The minimum Gasteiger partial charge on any atom is -0.493 e. The molecule has 0 aliphatic heterocycles. The van der Waals surface area contributed by atoms with E-state index in [1.807, 2.05) is 0 Å². The van der Waals surface area contributed by atoms with E-state index in [-0.39, 0.29) is 12.3 Å². The summed E-state index contributed by atoms with van der Waals surface area (Å²) in [5.74, 6) is 0.285. The van der Waals surface area contributed by atoms with Crippen molar-refractivity contribution in [2.75, 3.05) is 14.2 Å². The summed E-state index contributed by atoms with van der Waals surface area (Å²) in [6.45, 7) is -0.345. The lowest BCUT2D eigenvalue weighted by molar-refractivity contribution is -0.138. The predicted molar refractivity (Wildman–Crippen MR) is 95.6 cm³/mol. The van der Waals surface area contributed by atoms with Gasteiger partial charge in [-0.2, -0.15) is 13.2 Å². The highest BCUT2D eigenvalue weighted by molar-refractivity contribution is 5.91. The molecule has 6 nitrogen and oxygen atoms in total. The molecular weight excluding hydrogens is 391 g/mol. The molecule has 0 saturated carbocycles. The number of ether oxygens (including phenoxy) is 3. The number of aromatic nitrogens is 1. The Kier molecular flexibility index (Phi) is 5.76.